The van der Waals surface area contributed by atoms with Gasteiger partial charge in [0.15, 0.2) is 5.69 Å². The first-order valence-electron chi connectivity index (χ1n) is 11.0. The number of carbonyl (C=O) groups excluding carboxylic acids is 2. The molecule has 0 radical (unpaired) electrons. The van der Waals surface area contributed by atoms with Gasteiger partial charge in [-0.15, -0.1) is 0 Å². The number of hydrogen-bond donors (Lipinski definition) is 1. The molecule has 1 aromatic heterocycles. The van der Waals surface area contributed by atoms with Gasteiger partial charge in [0.1, 0.15) is 5.69 Å². The molecule has 4 rings (SSSR count). The molecule has 0 unspecified atom stereocenters. The van der Waals surface area contributed by atoms with Gasteiger partial charge in [-0.2, -0.15) is 5.10 Å². The molecule has 1 fully saturated rings. The van der Waals surface area contributed by atoms with E-state index >= 15 is 0 Å². The van der Waals surface area contributed by atoms with Crippen LogP contribution in [0.3, 0.4) is 0 Å². The number of benzene rings is 2. The Kier molecular flexibility index (Phi) is 7.06. The van der Waals surface area contributed by atoms with E-state index in [0.717, 1.165) is 10.4 Å². The van der Waals surface area contributed by atoms with Crippen LogP contribution in [0.1, 0.15) is 26.5 Å². The number of nitro groups is 1. The van der Waals surface area contributed by atoms with E-state index in [1.807, 2.05) is 4.90 Å². The molecule has 2 heterocycles. The third-order valence-corrected chi connectivity index (χ3v) is 5.66. The summed E-state index contributed by atoms with van der Waals surface area (Å²) in [4.78, 5) is 51.1. The minimum atomic E-state index is -0.878. The van der Waals surface area contributed by atoms with Crippen molar-refractivity contribution in [2.45, 2.75) is 6.92 Å². The number of amides is 1. The molecule has 0 saturated carbocycles. The first-order chi connectivity index (χ1) is 17.3. The maximum absolute atomic E-state index is 13.1. The first-order valence-corrected chi connectivity index (χ1v) is 11.0. The summed E-state index contributed by atoms with van der Waals surface area (Å²) in [5.41, 5.74) is -0.0334. The zero-order valence-corrected chi connectivity index (χ0v) is 19.6. The predicted octanol–water partition coefficient (Wildman–Crippen LogP) is 2.32. The van der Waals surface area contributed by atoms with Crippen LogP contribution in [0.5, 0.6) is 0 Å². The van der Waals surface area contributed by atoms with Gasteiger partial charge < -0.3 is 19.7 Å². The van der Waals surface area contributed by atoms with Gasteiger partial charge in [0.05, 0.1) is 36.5 Å². The monoisotopic (exact) mass is 493 g/mol. The molecule has 12 heteroatoms. The minimum Gasteiger partial charge on any atom is -0.465 e. The Bertz CT molecular complexity index is 1400. The van der Waals surface area contributed by atoms with Crippen molar-refractivity contribution in [3.63, 3.8) is 0 Å². The number of morpholine rings is 1. The van der Waals surface area contributed by atoms with E-state index in [1.165, 1.54) is 31.4 Å². The maximum Gasteiger partial charge on any atom is 0.340 e. The highest BCUT2D eigenvalue weighted by Gasteiger charge is 2.23. The van der Waals surface area contributed by atoms with Crippen LogP contribution in [0.25, 0.3) is 5.69 Å². The quantitative estimate of drug-likeness (QED) is 0.310. The van der Waals surface area contributed by atoms with Crippen LogP contribution in [0.4, 0.5) is 17.1 Å². The molecule has 1 N–H and O–H groups in total. The van der Waals surface area contributed by atoms with Crippen molar-refractivity contribution in [1.82, 2.24) is 9.78 Å². The Morgan fingerprint density at radius 2 is 1.86 bits per heavy atom. The maximum atomic E-state index is 13.1. The molecule has 1 aliphatic heterocycles. The average molecular weight is 493 g/mol. The van der Waals surface area contributed by atoms with Crippen LogP contribution in [-0.2, 0) is 9.47 Å². The summed E-state index contributed by atoms with van der Waals surface area (Å²) >= 11 is 0. The standard InChI is InChI=1S/C24H23N5O7/c1-15-13-21(30)22(26-28(15)19-5-3-4-6-20(19)29(33)34)23(31)25-18-8-7-16(14-17(18)24(32)35-2)27-9-11-36-12-10-27/h3-8,13-14H,9-12H2,1-2H3,(H,25,31). The van der Waals surface area contributed by atoms with Crippen molar-refractivity contribution in [2.75, 3.05) is 43.6 Å². The molecule has 0 atom stereocenters. The van der Waals surface area contributed by atoms with Crippen LogP contribution in [0.2, 0.25) is 0 Å². The van der Waals surface area contributed by atoms with Gasteiger partial charge in [-0.3, -0.25) is 19.7 Å². The number of nitro benzene ring substituents is 1. The van der Waals surface area contributed by atoms with Crippen molar-refractivity contribution < 1.29 is 24.0 Å². The molecule has 1 aliphatic rings. The molecule has 0 bridgehead atoms. The van der Waals surface area contributed by atoms with Crippen LogP contribution in [0.15, 0.2) is 53.3 Å². The average Bonchev–Trinajstić information content (AvgIpc) is 2.89. The van der Waals surface area contributed by atoms with Crippen LogP contribution in [-0.4, -0.2) is 60.0 Å². The molecular formula is C24H23N5O7. The molecule has 3 aromatic rings. The summed E-state index contributed by atoms with van der Waals surface area (Å²) in [6.45, 7) is 3.94. The van der Waals surface area contributed by atoms with Gasteiger partial charge in [-0.25, -0.2) is 9.48 Å². The summed E-state index contributed by atoms with van der Waals surface area (Å²) in [6.07, 6.45) is 0. The summed E-state index contributed by atoms with van der Waals surface area (Å²) in [5, 5.41) is 18.1. The van der Waals surface area contributed by atoms with E-state index in [9.17, 15) is 24.5 Å². The van der Waals surface area contributed by atoms with Crippen molar-refractivity contribution in [1.29, 1.82) is 0 Å². The predicted molar refractivity (Wildman–Crippen MR) is 130 cm³/mol. The lowest BCUT2D eigenvalue weighted by Gasteiger charge is -2.29. The van der Waals surface area contributed by atoms with Gasteiger partial charge >= 0.3 is 5.97 Å². The number of esters is 1. The Labute approximate surface area is 205 Å². The summed E-state index contributed by atoms with van der Waals surface area (Å²) in [7, 11) is 1.22. The largest absolute Gasteiger partial charge is 0.465 e. The number of ether oxygens (including phenoxy) is 2. The molecule has 0 aliphatic carbocycles. The highest BCUT2D eigenvalue weighted by atomic mass is 16.6. The fourth-order valence-electron chi connectivity index (χ4n) is 3.87. The molecule has 1 saturated heterocycles. The van der Waals surface area contributed by atoms with Crippen molar-refractivity contribution in [3.05, 3.63) is 85.8 Å². The number of nitrogens with zero attached hydrogens (tertiary/aromatic N) is 4. The van der Waals surface area contributed by atoms with Gasteiger partial charge in [-0.1, -0.05) is 12.1 Å². The molecular weight excluding hydrogens is 470 g/mol. The lowest BCUT2D eigenvalue weighted by atomic mass is 10.1. The zero-order valence-electron chi connectivity index (χ0n) is 19.6. The summed E-state index contributed by atoms with van der Waals surface area (Å²) in [5.74, 6) is -1.55. The Hall–Kier alpha value is -4.58. The van der Waals surface area contributed by atoms with Gasteiger partial charge in [-0.05, 0) is 31.2 Å². The van der Waals surface area contributed by atoms with E-state index in [-0.39, 0.29) is 22.6 Å². The number of rotatable bonds is 6. The second-order valence-electron chi connectivity index (χ2n) is 7.93. The molecule has 186 valence electrons. The van der Waals surface area contributed by atoms with Crippen LogP contribution >= 0.6 is 0 Å². The number of anilines is 2. The number of methoxy groups -OCH3 is 1. The second kappa shape index (κ2) is 10.4. The number of carbonyl (C=O) groups is 2. The number of aromatic nitrogens is 2. The van der Waals surface area contributed by atoms with E-state index < -0.39 is 27.9 Å². The normalized spacial score (nSPS) is 13.2. The van der Waals surface area contributed by atoms with Crippen molar-refractivity contribution >= 4 is 28.9 Å². The summed E-state index contributed by atoms with van der Waals surface area (Å²) in [6, 6.07) is 11.9. The molecule has 1 amide bonds. The number of para-hydroxylation sites is 2. The number of aryl methyl sites for hydroxylation is 1. The minimum absolute atomic E-state index is 0.0964. The van der Waals surface area contributed by atoms with Crippen LogP contribution in [0, 0.1) is 17.0 Å². The SMILES string of the molecule is COC(=O)c1cc(N2CCOCC2)ccc1NC(=O)c1nn(-c2ccccc2[N+](=O)[O-])c(C)cc1=O. The molecule has 2 aromatic carbocycles. The highest BCUT2D eigenvalue weighted by Crippen LogP contribution is 2.26. The zero-order chi connectivity index (χ0) is 25.8. The van der Waals surface area contributed by atoms with Crippen LogP contribution < -0.4 is 15.6 Å². The summed E-state index contributed by atoms with van der Waals surface area (Å²) < 4.78 is 11.4. The number of hydrogen-bond acceptors (Lipinski definition) is 9. The number of nitrogens with one attached hydrogen (secondary N) is 1. The molecule has 0 spiro atoms. The Morgan fingerprint density at radius 1 is 1.14 bits per heavy atom. The first kappa shape index (κ1) is 24.5. The lowest BCUT2D eigenvalue weighted by molar-refractivity contribution is -0.384. The Balaban J connectivity index is 1.70. The third-order valence-electron chi connectivity index (χ3n) is 5.66. The fourth-order valence-corrected chi connectivity index (χ4v) is 3.87. The van der Waals surface area contributed by atoms with Gasteiger partial charge in [0, 0.05) is 36.6 Å². The Morgan fingerprint density at radius 3 is 2.56 bits per heavy atom. The lowest BCUT2D eigenvalue weighted by Crippen LogP contribution is -2.36. The van der Waals surface area contributed by atoms with Gasteiger partial charge in [0.25, 0.3) is 11.6 Å². The molecule has 12 nitrogen and oxygen atoms in total. The van der Waals surface area contributed by atoms with E-state index in [1.54, 1.807) is 31.2 Å². The molecule has 36 heavy (non-hydrogen) atoms. The van der Waals surface area contributed by atoms with Gasteiger partial charge in [0.2, 0.25) is 5.43 Å². The smallest absolute Gasteiger partial charge is 0.340 e. The van der Waals surface area contributed by atoms with E-state index in [2.05, 4.69) is 10.4 Å². The van der Waals surface area contributed by atoms with E-state index in [4.69, 9.17) is 9.47 Å². The van der Waals surface area contributed by atoms with Crippen molar-refractivity contribution in [2.24, 2.45) is 0 Å². The third kappa shape index (κ3) is 4.93. The van der Waals surface area contributed by atoms with Crippen molar-refractivity contribution in [3.8, 4) is 5.69 Å². The highest BCUT2D eigenvalue weighted by molar-refractivity contribution is 6.07. The van der Waals surface area contributed by atoms with E-state index in [0.29, 0.717) is 32.0 Å². The fraction of sp³-hybridized carbons (Fsp3) is 0.250. The topological polar surface area (TPSA) is 146 Å². The second-order valence-corrected chi connectivity index (χ2v) is 7.93.